The van der Waals surface area contributed by atoms with Gasteiger partial charge in [-0.2, -0.15) is 0 Å². The first-order valence-corrected chi connectivity index (χ1v) is 9.61. The van der Waals surface area contributed by atoms with Gasteiger partial charge in [-0.1, -0.05) is 18.2 Å². The minimum absolute atomic E-state index is 0.0659. The quantitative estimate of drug-likeness (QED) is 0.886. The third-order valence-electron chi connectivity index (χ3n) is 3.42. The molecule has 0 aromatic heterocycles. The molecule has 0 unspecified atom stereocenters. The smallest absolute Gasteiger partial charge is 0.255 e. The van der Waals surface area contributed by atoms with Gasteiger partial charge in [0, 0.05) is 37.2 Å². The number of carbonyl (C=O) groups excluding carboxylic acids is 2. The normalized spacial score (nSPS) is 11.0. The summed E-state index contributed by atoms with van der Waals surface area (Å²) >= 11 is 0. The second kappa shape index (κ2) is 7.48. The van der Waals surface area contributed by atoms with Gasteiger partial charge in [0.15, 0.2) is 9.84 Å². The first-order valence-electron chi connectivity index (χ1n) is 7.55. The molecule has 0 saturated carbocycles. The van der Waals surface area contributed by atoms with Crippen molar-refractivity contribution in [2.24, 2.45) is 0 Å². The third-order valence-corrected chi connectivity index (χ3v) is 4.28. The predicted octanol–water partition coefficient (Wildman–Crippen LogP) is 2.19. The summed E-state index contributed by atoms with van der Waals surface area (Å²) in [5.74, 6) is -0.551. The van der Waals surface area contributed by atoms with Crippen LogP contribution in [0.15, 0.2) is 48.5 Å². The number of carbonyl (C=O) groups is 2. The zero-order valence-corrected chi connectivity index (χ0v) is 15.1. The molecule has 0 radical (unpaired) electrons. The van der Waals surface area contributed by atoms with E-state index >= 15 is 0 Å². The maximum absolute atomic E-state index is 12.3. The number of hydrogen-bond donors (Lipinski definition) is 1. The SMILES string of the molecule is CN(C)C(=O)c1cccc(NC(=O)c2ccc(CS(C)(=O)=O)cc2)c1. The molecule has 1 N–H and O–H groups in total. The van der Waals surface area contributed by atoms with Crippen molar-refractivity contribution >= 4 is 27.3 Å². The van der Waals surface area contributed by atoms with Gasteiger partial charge in [0.05, 0.1) is 5.75 Å². The molecular weight excluding hydrogens is 340 g/mol. The minimum Gasteiger partial charge on any atom is -0.345 e. The van der Waals surface area contributed by atoms with Crippen LogP contribution in [-0.2, 0) is 15.6 Å². The zero-order chi connectivity index (χ0) is 18.6. The van der Waals surface area contributed by atoms with Crippen LogP contribution in [0.2, 0.25) is 0 Å². The fraction of sp³-hybridized carbons (Fsp3) is 0.222. The Bertz CT molecular complexity index is 888. The van der Waals surface area contributed by atoms with Crippen LogP contribution in [0.25, 0.3) is 0 Å². The Morgan fingerprint density at radius 2 is 1.64 bits per heavy atom. The average Bonchev–Trinajstić information content (AvgIpc) is 2.53. The largest absolute Gasteiger partial charge is 0.345 e. The van der Waals surface area contributed by atoms with Gasteiger partial charge in [-0.3, -0.25) is 9.59 Å². The Hall–Kier alpha value is -2.67. The first-order chi connectivity index (χ1) is 11.7. The third kappa shape index (κ3) is 5.42. The summed E-state index contributed by atoms with van der Waals surface area (Å²) in [6, 6.07) is 13.1. The van der Waals surface area contributed by atoms with Crippen molar-refractivity contribution in [1.82, 2.24) is 4.90 Å². The van der Waals surface area contributed by atoms with Crippen molar-refractivity contribution in [3.8, 4) is 0 Å². The van der Waals surface area contributed by atoms with Crippen LogP contribution in [-0.4, -0.2) is 45.5 Å². The van der Waals surface area contributed by atoms with E-state index in [9.17, 15) is 18.0 Å². The van der Waals surface area contributed by atoms with Gasteiger partial charge in [0.1, 0.15) is 0 Å². The summed E-state index contributed by atoms with van der Waals surface area (Å²) in [7, 11) is 0.201. The van der Waals surface area contributed by atoms with Crippen molar-refractivity contribution in [3.63, 3.8) is 0 Å². The highest BCUT2D eigenvalue weighted by Gasteiger charge is 2.11. The number of benzene rings is 2. The number of nitrogens with zero attached hydrogens (tertiary/aromatic N) is 1. The van der Waals surface area contributed by atoms with Crippen LogP contribution in [0, 0.1) is 0 Å². The number of sulfone groups is 1. The van der Waals surface area contributed by atoms with Crippen LogP contribution in [0.5, 0.6) is 0 Å². The molecule has 25 heavy (non-hydrogen) atoms. The van der Waals surface area contributed by atoms with Crippen molar-refractivity contribution in [2.45, 2.75) is 5.75 Å². The molecule has 2 aromatic carbocycles. The maximum atomic E-state index is 12.3. The lowest BCUT2D eigenvalue weighted by molar-refractivity contribution is 0.0827. The molecule has 0 bridgehead atoms. The summed E-state index contributed by atoms with van der Waals surface area (Å²) < 4.78 is 22.6. The predicted molar refractivity (Wildman–Crippen MR) is 97.4 cm³/mol. The molecule has 2 aromatic rings. The molecule has 6 nitrogen and oxygen atoms in total. The van der Waals surface area contributed by atoms with E-state index in [0.29, 0.717) is 22.4 Å². The number of hydrogen-bond acceptors (Lipinski definition) is 4. The van der Waals surface area contributed by atoms with E-state index in [2.05, 4.69) is 5.32 Å². The Kier molecular flexibility index (Phi) is 5.58. The minimum atomic E-state index is -3.12. The fourth-order valence-electron chi connectivity index (χ4n) is 2.25. The summed E-state index contributed by atoms with van der Waals surface area (Å²) in [5.41, 5.74) is 2.02. The lowest BCUT2D eigenvalue weighted by Gasteiger charge is -2.12. The zero-order valence-electron chi connectivity index (χ0n) is 14.3. The lowest BCUT2D eigenvalue weighted by atomic mass is 10.1. The molecule has 0 fully saturated rings. The molecule has 0 heterocycles. The topological polar surface area (TPSA) is 83.6 Å². The van der Waals surface area contributed by atoms with E-state index in [1.54, 1.807) is 62.6 Å². The van der Waals surface area contributed by atoms with Gasteiger partial charge < -0.3 is 10.2 Å². The maximum Gasteiger partial charge on any atom is 0.255 e. The molecule has 0 spiro atoms. The Labute approximate surface area is 147 Å². The molecule has 0 atom stereocenters. The molecule has 2 rings (SSSR count). The van der Waals surface area contributed by atoms with Crippen LogP contribution in [0.4, 0.5) is 5.69 Å². The van der Waals surface area contributed by atoms with E-state index < -0.39 is 9.84 Å². The van der Waals surface area contributed by atoms with Crippen molar-refractivity contribution in [1.29, 1.82) is 0 Å². The number of rotatable bonds is 5. The highest BCUT2D eigenvalue weighted by atomic mass is 32.2. The molecule has 2 amide bonds. The number of anilines is 1. The second-order valence-electron chi connectivity index (χ2n) is 6.00. The van der Waals surface area contributed by atoms with Gasteiger partial charge in [-0.05, 0) is 35.9 Å². The number of nitrogens with one attached hydrogen (secondary N) is 1. The lowest BCUT2D eigenvalue weighted by Crippen LogP contribution is -2.22. The van der Waals surface area contributed by atoms with Crippen LogP contribution in [0.3, 0.4) is 0 Å². The summed E-state index contributed by atoms with van der Waals surface area (Å²) in [6.45, 7) is 0. The molecule has 0 saturated heterocycles. The van der Waals surface area contributed by atoms with Crippen LogP contribution >= 0.6 is 0 Å². The Morgan fingerprint density at radius 3 is 2.20 bits per heavy atom. The van der Waals surface area contributed by atoms with E-state index in [1.165, 1.54) is 4.90 Å². The Balaban J connectivity index is 2.12. The van der Waals surface area contributed by atoms with Crippen molar-refractivity contribution in [3.05, 3.63) is 65.2 Å². The van der Waals surface area contributed by atoms with E-state index in [0.717, 1.165) is 6.26 Å². The average molecular weight is 360 g/mol. The van der Waals surface area contributed by atoms with Gasteiger partial charge in [0.2, 0.25) is 0 Å². The van der Waals surface area contributed by atoms with Crippen LogP contribution in [0.1, 0.15) is 26.3 Å². The molecule has 0 aliphatic carbocycles. The molecule has 0 aliphatic heterocycles. The summed E-state index contributed by atoms with van der Waals surface area (Å²) in [4.78, 5) is 25.7. The van der Waals surface area contributed by atoms with Crippen molar-refractivity contribution < 1.29 is 18.0 Å². The second-order valence-corrected chi connectivity index (χ2v) is 8.14. The summed E-state index contributed by atoms with van der Waals surface area (Å²) in [5, 5.41) is 2.73. The standard InChI is InChI=1S/C18H20N2O4S/c1-20(2)18(22)15-5-4-6-16(11-15)19-17(21)14-9-7-13(8-10-14)12-25(3,23)24/h4-11H,12H2,1-3H3,(H,19,21). The van der Waals surface area contributed by atoms with E-state index in [-0.39, 0.29) is 17.6 Å². The molecular formula is C18H20N2O4S. The first kappa shape index (κ1) is 18.7. The number of amides is 2. The fourth-order valence-corrected chi connectivity index (χ4v) is 3.04. The van der Waals surface area contributed by atoms with Gasteiger partial charge >= 0.3 is 0 Å². The van der Waals surface area contributed by atoms with Gasteiger partial charge in [-0.25, -0.2) is 8.42 Å². The monoisotopic (exact) mass is 360 g/mol. The van der Waals surface area contributed by atoms with Gasteiger partial charge in [-0.15, -0.1) is 0 Å². The van der Waals surface area contributed by atoms with Gasteiger partial charge in [0.25, 0.3) is 11.8 Å². The molecule has 132 valence electrons. The summed E-state index contributed by atoms with van der Waals surface area (Å²) in [6.07, 6.45) is 1.16. The highest BCUT2D eigenvalue weighted by molar-refractivity contribution is 7.89. The molecule has 0 aliphatic rings. The van der Waals surface area contributed by atoms with Crippen molar-refractivity contribution in [2.75, 3.05) is 25.7 Å². The highest BCUT2D eigenvalue weighted by Crippen LogP contribution is 2.14. The molecule has 7 heteroatoms. The van der Waals surface area contributed by atoms with E-state index in [1.807, 2.05) is 0 Å². The van der Waals surface area contributed by atoms with E-state index in [4.69, 9.17) is 0 Å². The van der Waals surface area contributed by atoms with Crippen LogP contribution < -0.4 is 5.32 Å². The Morgan fingerprint density at radius 1 is 1.00 bits per heavy atom.